The van der Waals surface area contributed by atoms with E-state index in [1.54, 1.807) is 28.9 Å². The van der Waals surface area contributed by atoms with Crippen molar-refractivity contribution in [2.24, 2.45) is 0 Å². The summed E-state index contributed by atoms with van der Waals surface area (Å²) in [6.07, 6.45) is 3.59. The molecule has 0 aromatic carbocycles. The fraction of sp³-hybridized carbons (Fsp3) is 0.143. The molecule has 2 rings (SSSR count). The number of rotatable bonds is 3. The standard InChI is InChI=1S/C7H6ClN3S2/c8-11-4-5-3-10-7(13-5)6-9-1-2-12-6/h1-3,11H,4H2. The third kappa shape index (κ3) is 2.05. The Morgan fingerprint density at radius 2 is 2.31 bits per heavy atom. The van der Waals surface area contributed by atoms with E-state index in [9.17, 15) is 0 Å². The lowest BCUT2D eigenvalue weighted by Crippen LogP contribution is -1.94. The van der Waals surface area contributed by atoms with Gasteiger partial charge in [0.25, 0.3) is 0 Å². The smallest absolute Gasteiger partial charge is 0.152 e. The largest absolute Gasteiger partial charge is 0.242 e. The van der Waals surface area contributed by atoms with Crippen molar-refractivity contribution in [2.45, 2.75) is 6.54 Å². The molecule has 2 heterocycles. The summed E-state index contributed by atoms with van der Waals surface area (Å²) in [5, 5.41) is 3.86. The van der Waals surface area contributed by atoms with E-state index in [2.05, 4.69) is 14.8 Å². The van der Waals surface area contributed by atoms with Gasteiger partial charge in [-0.25, -0.2) is 14.8 Å². The number of hydrogen-bond acceptors (Lipinski definition) is 5. The minimum absolute atomic E-state index is 0.643. The summed E-state index contributed by atoms with van der Waals surface area (Å²) in [6, 6.07) is 0. The van der Waals surface area contributed by atoms with Crippen molar-refractivity contribution in [2.75, 3.05) is 0 Å². The Hall–Kier alpha value is -0.490. The van der Waals surface area contributed by atoms with Crippen molar-refractivity contribution in [1.29, 1.82) is 0 Å². The van der Waals surface area contributed by atoms with Gasteiger partial charge in [0.1, 0.15) is 0 Å². The molecule has 0 bridgehead atoms. The van der Waals surface area contributed by atoms with Crippen LogP contribution in [-0.2, 0) is 6.54 Å². The Labute approximate surface area is 88.5 Å². The van der Waals surface area contributed by atoms with E-state index >= 15 is 0 Å². The van der Waals surface area contributed by atoms with Gasteiger partial charge in [0.05, 0.1) is 0 Å². The summed E-state index contributed by atoms with van der Waals surface area (Å²) in [7, 11) is 0. The maximum atomic E-state index is 5.39. The Kier molecular flexibility index (Phi) is 2.90. The highest BCUT2D eigenvalue weighted by Crippen LogP contribution is 2.26. The van der Waals surface area contributed by atoms with E-state index in [-0.39, 0.29) is 0 Å². The number of nitrogens with zero attached hydrogens (tertiary/aromatic N) is 2. The topological polar surface area (TPSA) is 37.8 Å². The lowest BCUT2D eigenvalue weighted by atomic mass is 10.6. The molecule has 0 spiro atoms. The van der Waals surface area contributed by atoms with Crippen molar-refractivity contribution in [3.63, 3.8) is 0 Å². The Bertz CT molecular complexity index is 371. The molecule has 68 valence electrons. The molecular formula is C7H6ClN3S2. The second-order valence-corrected chi connectivity index (χ2v) is 4.56. The average molecular weight is 232 g/mol. The molecule has 0 aliphatic heterocycles. The van der Waals surface area contributed by atoms with E-state index in [4.69, 9.17) is 11.8 Å². The predicted octanol–water partition coefficient (Wildman–Crippen LogP) is 2.51. The molecule has 1 N–H and O–H groups in total. The summed E-state index contributed by atoms with van der Waals surface area (Å²) in [5.74, 6) is 0. The van der Waals surface area contributed by atoms with Crippen LogP contribution in [0.4, 0.5) is 0 Å². The van der Waals surface area contributed by atoms with Gasteiger partial charge in [0.2, 0.25) is 0 Å². The fourth-order valence-corrected chi connectivity index (χ4v) is 2.64. The lowest BCUT2D eigenvalue weighted by molar-refractivity contribution is 0.983. The van der Waals surface area contributed by atoms with Crippen LogP contribution in [0.3, 0.4) is 0 Å². The third-order valence-corrected chi connectivity index (χ3v) is 3.46. The van der Waals surface area contributed by atoms with Gasteiger partial charge in [-0.05, 0) is 11.8 Å². The van der Waals surface area contributed by atoms with Crippen LogP contribution < -0.4 is 4.84 Å². The number of halogens is 1. The van der Waals surface area contributed by atoms with Crippen LogP contribution in [-0.4, -0.2) is 9.97 Å². The van der Waals surface area contributed by atoms with Crippen LogP contribution in [0.5, 0.6) is 0 Å². The first-order valence-corrected chi connectivity index (χ1v) is 5.65. The van der Waals surface area contributed by atoms with Crippen molar-refractivity contribution in [3.05, 3.63) is 22.7 Å². The summed E-state index contributed by atoms with van der Waals surface area (Å²) in [5.41, 5.74) is 0. The van der Waals surface area contributed by atoms with Gasteiger partial charge in [0, 0.05) is 29.2 Å². The first-order valence-electron chi connectivity index (χ1n) is 3.58. The summed E-state index contributed by atoms with van der Waals surface area (Å²) in [6.45, 7) is 0.643. The Balaban J connectivity index is 2.23. The Morgan fingerprint density at radius 3 is 3.00 bits per heavy atom. The van der Waals surface area contributed by atoms with Gasteiger partial charge in [-0.1, -0.05) is 0 Å². The van der Waals surface area contributed by atoms with Gasteiger partial charge >= 0.3 is 0 Å². The molecule has 0 aliphatic carbocycles. The van der Waals surface area contributed by atoms with Crippen LogP contribution in [0.15, 0.2) is 17.8 Å². The predicted molar refractivity (Wildman–Crippen MR) is 55.9 cm³/mol. The van der Waals surface area contributed by atoms with Gasteiger partial charge in [-0.15, -0.1) is 22.7 Å². The molecular weight excluding hydrogens is 226 g/mol. The van der Waals surface area contributed by atoms with Crippen LogP contribution in [0.25, 0.3) is 10.0 Å². The maximum Gasteiger partial charge on any atom is 0.152 e. The van der Waals surface area contributed by atoms with Crippen molar-refractivity contribution in [1.82, 2.24) is 14.8 Å². The molecule has 0 fully saturated rings. The van der Waals surface area contributed by atoms with Crippen LogP contribution in [0.1, 0.15) is 4.88 Å². The second kappa shape index (κ2) is 4.15. The van der Waals surface area contributed by atoms with Crippen LogP contribution in [0, 0.1) is 0 Å². The maximum absolute atomic E-state index is 5.39. The summed E-state index contributed by atoms with van der Waals surface area (Å²) >= 11 is 8.58. The minimum Gasteiger partial charge on any atom is -0.242 e. The monoisotopic (exact) mass is 231 g/mol. The third-order valence-electron chi connectivity index (χ3n) is 1.41. The lowest BCUT2D eigenvalue weighted by Gasteiger charge is -1.87. The number of aromatic nitrogens is 2. The SMILES string of the molecule is ClNCc1cnc(-c2nccs2)s1. The van der Waals surface area contributed by atoms with Gasteiger partial charge < -0.3 is 0 Å². The normalized spacial score (nSPS) is 10.5. The zero-order chi connectivity index (χ0) is 9.10. The van der Waals surface area contributed by atoms with Crippen LogP contribution >= 0.6 is 34.5 Å². The molecule has 0 saturated heterocycles. The van der Waals surface area contributed by atoms with E-state index in [1.165, 1.54) is 0 Å². The number of nitrogens with one attached hydrogen (secondary N) is 1. The van der Waals surface area contributed by atoms with Gasteiger partial charge in [-0.3, -0.25) is 0 Å². The molecule has 0 atom stereocenters. The molecule has 0 amide bonds. The highest BCUT2D eigenvalue weighted by molar-refractivity contribution is 7.20. The van der Waals surface area contributed by atoms with Crippen molar-refractivity contribution >= 4 is 34.5 Å². The van der Waals surface area contributed by atoms with Crippen molar-refractivity contribution < 1.29 is 0 Å². The molecule has 0 radical (unpaired) electrons. The van der Waals surface area contributed by atoms with E-state index in [1.807, 2.05) is 11.6 Å². The summed E-state index contributed by atoms with van der Waals surface area (Å²) < 4.78 is 0. The molecule has 2 aromatic rings. The summed E-state index contributed by atoms with van der Waals surface area (Å²) in [4.78, 5) is 12.1. The highest BCUT2D eigenvalue weighted by Gasteiger charge is 2.05. The molecule has 0 aliphatic rings. The first-order chi connectivity index (χ1) is 6.40. The van der Waals surface area contributed by atoms with Crippen molar-refractivity contribution in [3.8, 4) is 10.0 Å². The number of hydrogen-bond donors (Lipinski definition) is 1. The van der Waals surface area contributed by atoms with Gasteiger partial charge in [0.15, 0.2) is 10.0 Å². The van der Waals surface area contributed by atoms with Crippen LogP contribution in [0.2, 0.25) is 0 Å². The van der Waals surface area contributed by atoms with E-state index in [0.29, 0.717) is 6.54 Å². The number of thiazole rings is 2. The molecule has 0 saturated carbocycles. The molecule has 6 heteroatoms. The molecule has 13 heavy (non-hydrogen) atoms. The first kappa shape index (κ1) is 9.08. The quantitative estimate of drug-likeness (QED) is 0.825. The zero-order valence-corrected chi connectivity index (χ0v) is 8.92. The Morgan fingerprint density at radius 1 is 1.38 bits per heavy atom. The van der Waals surface area contributed by atoms with E-state index in [0.717, 1.165) is 14.9 Å². The average Bonchev–Trinajstić information content (AvgIpc) is 2.70. The van der Waals surface area contributed by atoms with Gasteiger partial charge in [-0.2, -0.15) is 0 Å². The second-order valence-electron chi connectivity index (χ2n) is 2.28. The zero-order valence-electron chi connectivity index (χ0n) is 6.53. The van der Waals surface area contributed by atoms with E-state index < -0.39 is 0 Å². The fourth-order valence-electron chi connectivity index (χ4n) is 0.883. The minimum atomic E-state index is 0.643. The highest BCUT2D eigenvalue weighted by atomic mass is 35.5. The molecule has 3 nitrogen and oxygen atoms in total. The molecule has 0 unspecified atom stereocenters. The molecule has 2 aromatic heterocycles.